The Morgan fingerprint density at radius 2 is 2.00 bits per heavy atom. The zero-order chi connectivity index (χ0) is 9.42. The third-order valence-corrected chi connectivity index (χ3v) is 2.82. The molecule has 0 bridgehead atoms. The van der Waals surface area contributed by atoms with Crippen molar-refractivity contribution in [3.05, 3.63) is 34.9 Å². The molecule has 1 aromatic rings. The van der Waals surface area contributed by atoms with Crippen LogP contribution in [-0.2, 0) is 0 Å². The van der Waals surface area contributed by atoms with Gasteiger partial charge in [-0.15, -0.1) is 0 Å². The second-order valence-electron chi connectivity index (χ2n) is 4.14. The van der Waals surface area contributed by atoms with Crippen molar-refractivity contribution in [1.82, 2.24) is 0 Å². The number of aryl methyl sites for hydroxylation is 2. The third kappa shape index (κ3) is 1.75. The molecule has 1 fully saturated rings. The van der Waals surface area contributed by atoms with Gasteiger partial charge in [0, 0.05) is 0 Å². The smallest absolute Gasteiger partial charge is 0.0820 e. The second-order valence-corrected chi connectivity index (χ2v) is 4.14. The van der Waals surface area contributed by atoms with Crippen LogP contribution in [0.15, 0.2) is 18.2 Å². The van der Waals surface area contributed by atoms with Gasteiger partial charge in [0.25, 0.3) is 0 Å². The molecule has 1 saturated carbocycles. The summed E-state index contributed by atoms with van der Waals surface area (Å²) in [6.45, 7) is 4.14. The molecule has 0 radical (unpaired) electrons. The van der Waals surface area contributed by atoms with Crippen molar-refractivity contribution >= 4 is 0 Å². The second kappa shape index (κ2) is 3.15. The molecule has 1 N–H and O–H groups in total. The van der Waals surface area contributed by atoms with Crippen molar-refractivity contribution in [2.45, 2.75) is 32.8 Å². The Bertz CT molecular complexity index is 313. The lowest BCUT2D eigenvalue weighted by Crippen LogP contribution is -2.02. The minimum absolute atomic E-state index is 0.222. The Labute approximate surface area is 79.4 Å². The van der Waals surface area contributed by atoms with E-state index in [9.17, 15) is 5.11 Å². The largest absolute Gasteiger partial charge is 0.388 e. The summed E-state index contributed by atoms with van der Waals surface area (Å²) in [4.78, 5) is 0. The SMILES string of the molecule is Cc1ccc(C)c([C@H](O)C2CC2)c1. The Morgan fingerprint density at radius 1 is 1.31 bits per heavy atom. The number of hydrogen-bond donors (Lipinski definition) is 1. The van der Waals surface area contributed by atoms with Crippen LogP contribution in [0.2, 0.25) is 0 Å². The standard InChI is InChI=1S/C12H16O/c1-8-3-4-9(2)11(7-8)12(13)10-5-6-10/h3-4,7,10,12-13H,5-6H2,1-2H3/t12-/m1/s1. The molecule has 0 saturated heterocycles. The lowest BCUT2D eigenvalue weighted by atomic mass is 9.98. The van der Waals surface area contributed by atoms with E-state index >= 15 is 0 Å². The first kappa shape index (κ1) is 8.76. The number of rotatable bonds is 2. The van der Waals surface area contributed by atoms with E-state index in [-0.39, 0.29) is 6.10 Å². The number of aliphatic hydroxyl groups is 1. The first-order valence-electron chi connectivity index (χ1n) is 4.93. The normalized spacial score (nSPS) is 18.7. The van der Waals surface area contributed by atoms with Crippen LogP contribution in [0.25, 0.3) is 0 Å². The summed E-state index contributed by atoms with van der Waals surface area (Å²) in [7, 11) is 0. The predicted molar refractivity (Wildman–Crippen MR) is 53.6 cm³/mol. The molecule has 0 aliphatic heterocycles. The van der Waals surface area contributed by atoms with Gasteiger partial charge in [0.2, 0.25) is 0 Å². The van der Waals surface area contributed by atoms with Crippen LogP contribution in [0.4, 0.5) is 0 Å². The van der Waals surface area contributed by atoms with E-state index in [2.05, 4.69) is 32.0 Å². The van der Waals surface area contributed by atoms with Crippen LogP contribution < -0.4 is 0 Å². The molecule has 0 amide bonds. The van der Waals surface area contributed by atoms with Crippen LogP contribution in [0.3, 0.4) is 0 Å². The molecule has 0 aromatic heterocycles. The van der Waals surface area contributed by atoms with Gasteiger partial charge >= 0.3 is 0 Å². The van der Waals surface area contributed by atoms with Gasteiger partial charge in [-0.1, -0.05) is 23.8 Å². The van der Waals surface area contributed by atoms with Crippen LogP contribution in [-0.4, -0.2) is 5.11 Å². The molecule has 0 heterocycles. The van der Waals surface area contributed by atoms with Gasteiger partial charge in [-0.25, -0.2) is 0 Å². The highest BCUT2D eigenvalue weighted by Crippen LogP contribution is 2.41. The highest BCUT2D eigenvalue weighted by Gasteiger charge is 2.31. The molecule has 1 aromatic carbocycles. The molecule has 1 heteroatoms. The fourth-order valence-corrected chi connectivity index (χ4v) is 1.74. The average molecular weight is 176 g/mol. The number of hydrogen-bond acceptors (Lipinski definition) is 1. The first-order valence-corrected chi connectivity index (χ1v) is 4.93. The first-order chi connectivity index (χ1) is 6.18. The summed E-state index contributed by atoms with van der Waals surface area (Å²) in [6, 6.07) is 6.30. The molecule has 0 spiro atoms. The maximum atomic E-state index is 9.97. The Morgan fingerprint density at radius 3 is 2.62 bits per heavy atom. The highest BCUT2D eigenvalue weighted by atomic mass is 16.3. The van der Waals surface area contributed by atoms with Gasteiger partial charge in [-0.2, -0.15) is 0 Å². The van der Waals surface area contributed by atoms with Gasteiger partial charge in [0.1, 0.15) is 0 Å². The molecular formula is C12H16O. The maximum Gasteiger partial charge on any atom is 0.0820 e. The van der Waals surface area contributed by atoms with E-state index < -0.39 is 0 Å². The van der Waals surface area contributed by atoms with Crippen LogP contribution in [0, 0.1) is 19.8 Å². The van der Waals surface area contributed by atoms with Gasteiger partial charge in [-0.05, 0) is 43.7 Å². The molecule has 70 valence electrons. The van der Waals surface area contributed by atoms with E-state index in [0.29, 0.717) is 5.92 Å². The summed E-state index contributed by atoms with van der Waals surface area (Å²) >= 11 is 0. The van der Waals surface area contributed by atoms with Crippen LogP contribution >= 0.6 is 0 Å². The summed E-state index contributed by atoms with van der Waals surface area (Å²) in [5.74, 6) is 0.528. The molecule has 1 atom stereocenters. The zero-order valence-electron chi connectivity index (χ0n) is 8.25. The lowest BCUT2D eigenvalue weighted by Gasteiger charge is -2.13. The van der Waals surface area contributed by atoms with Crippen molar-refractivity contribution in [2.75, 3.05) is 0 Å². The van der Waals surface area contributed by atoms with Gasteiger partial charge in [0.05, 0.1) is 6.10 Å². The highest BCUT2D eigenvalue weighted by molar-refractivity contribution is 5.32. The average Bonchev–Trinajstić information content (AvgIpc) is 2.91. The molecule has 1 nitrogen and oxygen atoms in total. The van der Waals surface area contributed by atoms with Crippen molar-refractivity contribution in [3.8, 4) is 0 Å². The van der Waals surface area contributed by atoms with E-state index in [1.807, 2.05) is 0 Å². The molecule has 1 aliphatic rings. The van der Waals surface area contributed by atoms with Gasteiger partial charge in [-0.3, -0.25) is 0 Å². The number of benzene rings is 1. The quantitative estimate of drug-likeness (QED) is 0.734. The Kier molecular flexibility index (Phi) is 2.12. The summed E-state index contributed by atoms with van der Waals surface area (Å²) in [6.07, 6.45) is 2.16. The number of aliphatic hydroxyl groups excluding tert-OH is 1. The van der Waals surface area contributed by atoms with Crippen molar-refractivity contribution in [2.24, 2.45) is 5.92 Å². The fraction of sp³-hybridized carbons (Fsp3) is 0.500. The minimum Gasteiger partial charge on any atom is -0.388 e. The fourth-order valence-electron chi connectivity index (χ4n) is 1.74. The van der Waals surface area contributed by atoms with Crippen molar-refractivity contribution in [1.29, 1.82) is 0 Å². The summed E-state index contributed by atoms with van der Waals surface area (Å²) in [5, 5.41) is 9.97. The van der Waals surface area contributed by atoms with E-state index in [4.69, 9.17) is 0 Å². The third-order valence-electron chi connectivity index (χ3n) is 2.82. The predicted octanol–water partition coefficient (Wildman–Crippen LogP) is 2.75. The van der Waals surface area contributed by atoms with E-state index in [1.165, 1.54) is 24.0 Å². The molecule has 1 aliphatic carbocycles. The Hall–Kier alpha value is -0.820. The van der Waals surface area contributed by atoms with Crippen molar-refractivity contribution < 1.29 is 5.11 Å². The lowest BCUT2D eigenvalue weighted by molar-refractivity contribution is 0.153. The summed E-state index contributed by atoms with van der Waals surface area (Å²) in [5.41, 5.74) is 3.58. The van der Waals surface area contributed by atoms with Gasteiger partial charge < -0.3 is 5.11 Å². The molecule has 0 unspecified atom stereocenters. The molecule has 13 heavy (non-hydrogen) atoms. The van der Waals surface area contributed by atoms with Gasteiger partial charge in [0.15, 0.2) is 0 Å². The summed E-state index contributed by atoms with van der Waals surface area (Å²) < 4.78 is 0. The topological polar surface area (TPSA) is 20.2 Å². The van der Waals surface area contributed by atoms with Crippen LogP contribution in [0.1, 0.15) is 35.6 Å². The monoisotopic (exact) mass is 176 g/mol. The molecule has 2 rings (SSSR count). The maximum absolute atomic E-state index is 9.97. The van der Waals surface area contributed by atoms with Crippen LogP contribution in [0.5, 0.6) is 0 Å². The van der Waals surface area contributed by atoms with Crippen molar-refractivity contribution in [3.63, 3.8) is 0 Å². The van der Waals surface area contributed by atoms with E-state index in [0.717, 1.165) is 5.56 Å². The van der Waals surface area contributed by atoms with E-state index in [1.54, 1.807) is 0 Å². The molecular weight excluding hydrogens is 160 g/mol. The Balaban J connectivity index is 2.31. The zero-order valence-corrected chi connectivity index (χ0v) is 8.25. The minimum atomic E-state index is -0.222.